The van der Waals surface area contributed by atoms with Crippen LogP contribution in [0.3, 0.4) is 0 Å². The van der Waals surface area contributed by atoms with E-state index in [-0.39, 0.29) is 6.04 Å². The van der Waals surface area contributed by atoms with Crippen molar-refractivity contribution in [3.63, 3.8) is 0 Å². The van der Waals surface area contributed by atoms with Gasteiger partial charge in [0.2, 0.25) is 0 Å². The summed E-state index contributed by atoms with van der Waals surface area (Å²) in [6.07, 6.45) is 2.55. The van der Waals surface area contributed by atoms with Crippen molar-refractivity contribution in [1.29, 1.82) is 0 Å². The van der Waals surface area contributed by atoms with Crippen LogP contribution in [0.1, 0.15) is 19.4 Å². The third-order valence-electron chi connectivity index (χ3n) is 2.29. The molecule has 0 radical (unpaired) electrons. The lowest BCUT2D eigenvalue weighted by Gasteiger charge is -2.13. The Labute approximate surface area is 114 Å². The molecule has 0 aliphatic carbocycles. The topological polar surface area (TPSA) is 44.5 Å². The molecule has 1 atom stereocenters. The first-order valence-corrected chi connectivity index (χ1v) is 6.50. The first kappa shape index (κ1) is 14.9. The van der Waals surface area contributed by atoms with Crippen LogP contribution < -0.4 is 15.2 Å². The van der Waals surface area contributed by atoms with Crippen LogP contribution in [0.15, 0.2) is 29.8 Å². The second-order valence-corrected chi connectivity index (χ2v) is 4.32. The van der Waals surface area contributed by atoms with Crippen LogP contribution >= 0.6 is 11.6 Å². The van der Waals surface area contributed by atoms with Crippen LogP contribution in [0.2, 0.25) is 0 Å². The molecular formula is C14H20ClNO2. The molecule has 3 nitrogen and oxygen atoms in total. The highest BCUT2D eigenvalue weighted by molar-refractivity contribution is 6.25. The zero-order valence-corrected chi connectivity index (χ0v) is 11.6. The molecule has 0 aliphatic heterocycles. The van der Waals surface area contributed by atoms with Gasteiger partial charge >= 0.3 is 0 Å². The van der Waals surface area contributed by atoms with E-state index in [2.05, 4.69) is 0 Å². The minimum absolute atomic E-state index is 0.130. The lowest BCUT2D eigenvalue weighted by molar-refractivity contribution is 0.296. The molecule has 0 heterocycles. The van der Waals surface area contributed by atoms with E-state index in [0.29, 0.717) is 13.2 Å². The molecule has 0 saturated carbocycles. The number of benzene rings is 1. The Balaban J connectivity index is 2.82. The summed E-state index contributed by atoms with van der Waals surface area (Å²) in [6.45, 7) is 4.95. The Hall–Kier alpha value is -1.19. The van der Waals surface area contributed by atoms with Crippen LogP contribution in [-0.4, -0.2) is 19.3 Å². The van der Waals surface area contributed by atoms with Gasteiger partial charge in [0.1, 0.15) is 6.61 Å². The minimum Gasteiger partial charge on any atom is -0.490 e. The molecule has 0 amide bonds. The molecule has 0 bridgehead atoms. The van der Waals surface area contributed by atoms with E-state index in [4.69, 9.17) is 26.8 Å². The molecule has 100 valence electrons. The van der Waals surface area contributed by atoms with Crippen molar-refractivity contribution in [2.45, 2.75) is 26.3 Å². The summed E-state index contributed by atoms with van der Waals surface area (Å²) in [5.74, 6) is 1.47. The highest BCUT2D eigenvalue weighted by Crippen LogP contribution is 2.29. The van der Waals surface area contributed by atoms with Gasteiger partial charge in [0.25, 0.3) is 0 Å². The SMILES string of the molecule is CCOc1cc(CC(C)N)ccc1OC/C=C/Cl. The van der Waals surface area contributed by atoms with Crippen LogP contribution in [-0.2, 0) is 6.42 Å². The van der Waals surface area contributed by atoms with Gasteiger partial charge in [-0.15, -0.1) is 0 Å². The maximum absolute atomic E-state index is 5.79. The zero-order valence-electron chi connectivity index (χ0n) is 10.9. The van der Waals surface area contributed by atoms with Gasteiger partial charge in [0, 0.05) is 11.6 Å². The van der Waals surface area contributed by atoms with Gasteiger partial charge in [-0.05, 0) is 44.0 Å². The van der Waals surface area contributed by atoms with E-state index in [1.54, 1.807) is 6.08 Å². The normalized spacial score (nSPS) is 12.7. The van der Waals surface area contributed by atoms with E-state index in [1.807, 2.05) is 32.0 Å². The van der Waals surface area contributed by atoms with Gasteiger partial charge in [-0.2, -0.15) is 0 Å². The Bertz CT molecular complexity index is 391. The molecule has 1 rings (SSSR count). The van der Waals surface area contributed by atoms with Gasteiger partial charge in [-0.1, -0.05) is 17.7 Å². The maximum atomic E-state index is 5.79. The van der Waals surface area contributed by atoms with Crippen molar-refractivity contribution in [2.24, 2.45) is 5.73 Å². The number of halogens is 1. The fraction of sp³-hybridized carbons (Fsp3) is 0.429. The van der Waals surface area contributed by atoms with E-state index >= 15 is 0 Å². The minimum atomic E-state index is 0.130. The fourth-order valence-electron chi connectivity index (χ4n) is 1.61. The summed E-state index contributed by atoms with van der Waals surface area (Å²) in [4.78, 5) is 0. The van der Waals surface area contributed by atoms with Crippen molar-refractivity contribution in [3.05, 3.63) is 35.4 Å². The van der Waals surface area contributed by atoms with Crippen molar-refractivity contribution < 1.29 is 9.47 Å². The Morgan fingerprint density at radius 3 is 2.72 bits per heavy atom. The molecule has 1 aromatic carbocycles. The highest BCUT2D eigenvalue weighted by atomic mass is 35.5. The molecule has 1 unspecified atom stereocenters. The standard InChI is InChI=1S/C14H20ClNO2/c1-3-17-14-10-12(9-11(2)16)5-6-13(14)18-8-4-7-15/h4-7,10-11H,3,8-9,16H2,1-2H3/b7-4+. The Morgan fingerprint density at radius 1 is 1.33 bits per heavy atom. The van der Waals surface area contributed by atoms with E-state index in [9.17, 15) is 0 Å². The van der Waals surface area contributed by atoms with E-state index < -0.39 is 0 Å². The second-order valence-electron chi connectivity index (χ2n) is 4.07. The molecule has 0 fully saturated rings. The lowest BCUT2D eigenvalue weighted by atomic mass is 10.1. The van der Waals surface area contributed by atoms with Crippen molar-refractivity contribution in [2.75, 3.05) is 13.2 Å². The molecule has 0 aromatic heterocycles. The highest BCUT2D eigenvalue weighted by Gasteiger charge is 2.07. The van der Waals surface area contributed by atoms with E-state index in [1.165, 1.54) is 5.54 Å². The Morgan fingerprint density at radius 2 is 2.11 bits per heavy atom. The first-order valence-electron chi connectivity index (χ1n) is 6.06. The van der Waals surface area contributed by atoms with Crippen molar-refractivity contribution >= 4 is 11.6 Å². The van der Waals surface area contributed by atoms with Gasteiger partial charge in [-0.3, -0.25) is 0 Å². The maximum Gasteiger partial charge on any atom is 0.161 e. The molecule has 2 N–H and O–H groups in total. The van der Waals surface area contributed by atoms with Crippen LogP contribution in [0.5, 0.6) is 11.5 Å². The second kappa shape index (κ2) is 8.01. The van der Waals surface area contributed by atoms with Crippen LogP contribution in [0.4, 0.5) is 0 Å². The largest absolute Gasteiger partial charge is 0.490 e. The van der Waals surface area contributed by atoms with Crippen molar-refractivity contribution in [3.8, 4) is 11.5 Å². The van der Waals surface area contributed by atoms with Gasteiger partial charge in [0.15, 0.2) is 11.5 Å². The van der Waals surface area contributed by atoms with Crippen LogP contribution in [0.25, 0.3) is 0 Å². The summed E-state index contributed by atoms with van der Waals surface area (Å²) in [5.41, 5.74) is 8.37. The summed E-state index contributed by atoms with van der Waals surface area (Å²) in [6, 6.07) is 6.02. The molecular weight excluding hydrogens is 250 g/mol. The van der Waals surface area contributed by atoms with Crippen molar-refractivity contribution in [1.82, 2.24) is 0 Å². The average Bonchev–Trinajstić information content (AvgIpc) is 2.32. The lowest BCUT2D eigenvalue weighted by Crippen LogP contribution is -2.17. The Kier molecular flexibility index (Phi) is 6.61. The number of hydrogen-bond acceptors (Lipinski definition) is 3. The number of ether oxygens (including phenoxy) is 2. The quantitative estimate of drug-likeness (QED) is 0.827. The monoisotopic (exact) mass is 269 g/mol. The van der Waals surface area contributed by atoms with Gasteiger partial charge < -0.3 is 15.2 Å². The van der Waals surface area contributed by atoms with E-state index in [0.717, 1.165) is 23.5 Å². The number of rotatable bonds is 7. The summed E-state index contributed by atoms with van der Waals surface area (Å²) in [5, 5.41) is 0. The third kappa shape index (κ3) is 4.98. The smallest absolute Gasteiger partial charge is 0.161 e. The average molecular weight is 270 g/mol. The summed E-state index contributed by atoms with van der Waals surface area (Å²) >= 11 is 5.45. The molecule has 4 heteroatoms. The third-order valence-corrected chi connectivity index (χ3v) is 2.47. The predicted octanol–water partition coefficient (Wildman–Crippen LogP) is 3.11. The molecule has 0 aliphatic rings. The van der Waals surface area contributed by atoms with Gasteiger partial charge in [-0.25, -0.2) is 0 Å². The first-order chi connectivity index (χ1) is 8.67. The summed E-state index contributed by atoms with van der Waals surface area (Å²) < 4.78 is 11.1. The predicted molar refractivity (Wildman–Crippen MR) is 75.5 cm³/mol. The zero-order chi connectivity index (χ0) is 13.4. The molecule has 18 heavy (non-hydrogen) atoms. The molecule has 0 spiro atoms. The molecule has 1 aromatic rings. The summed E-state index contributed by atoms with van der Waals surface area (Å²) in [7, 11) is 0. The fourth-order valence-corrected chi connectivity index (χ4v) is 1.69. The number of hydrogen-bond donors (Lipinski definition) is 1. The number of nitrogens with two attached hydrogens (primary N) is 1. The molecule has 0 saturated heterocycles. The van der Waals surface area contributed by atoms with Gasteiger partial charge in [0.05, 0.1) is 6.61 Å². The van der Waals surface area contributed by atoms with Crippen LogP contribution in [0, 0.1) is 0 Å².